The van der Waals surface area contributed by atoms with Crippen LogP contribution in [0.3, 0.4) is 0 Å². The second kappa shape index (κ2) is 7.87. The second-order valence-corrected chi connectivity index (χ2v) is 6.00. The molecule has 1 saturated heterocycles. The Kier molecular flexibility index (Phi) is 6.15. The van der Waals surface area contributed by atoms with Gasteiger partial charge in [0.2, 0.25) is 5.91 Å². The fraction of sp³-hybridized carbons (Fsp3) is 0.533. The number of rotatable bonds is 5. The largest absolute Gasteiger partial charge is 0.489 e. The van der Waals surface area contributed by atoms with Crippen LogP contribution in [0.5, 0.6) is 5.75 Å². The second-order valence-electron chi connectivity index (χ2n) is 5.19. The average Bonchev–Trinajstić information content (AvgIpc) is 2.49. The van der Waals surface area contributed by atoms with E-state index in [1.54, 1.807) is 18.2 Å². The monoisotopic (exact) mass is 330 g/mol. The van der Waals surface area contributed by atoms with Crippen LogP contribution in [-0.4, -0.2) is 36.5 Å². The predicted molar refractivity (Wildman–Crippen MR) is 85.0 cm³/mol. The van der Waals surface area contributed by atoms with Crippen molar-refractivity contribution < 1.29 is 9.53 Å². The molecule has 6 heteroatoms. The zero-order valence-electron chi connectivity index (χ0n) is 11.9. The number of hydrogen-bond donors (Lipinski definition) is 1. The Morgan fingerprint density at radius 1 is 1.38 bits per heavy atom. The van der Waals surface area contributed by atoms with Gasteiger partial charge in [0, 0.05) is 19.0 Å². The first kappa shape index (κ1) is 16.4. The molecule has 116 valence electrons. The molecule has 1 aliphatic heterocycles. The number of carbonyl (C=O) groups is 1. The SMILES string of the molecule is NCCCC(=O)N1CCCC(Oc2ccc(Cl)c(Cl)c2)C1. The summed E-state index contributed by atoms with van der Waals surface area (Å²) in [6, 6.07) is 5.22. The molecule has 4 nitrogen and oxygen atoms in total. The minimum Gasteiger partial charge on any atom is -0.489 e. The van der Waals surface area contributed by atoms with Crippen LogP contribution in [0.4, 0.5) is 0 Å². The molecular weight excluding hydrogens is 311 g/mol. The van der Waals surface area contributed by atoms with Gasteiger partial charge in [-0.3, -0.25) is 4.79 Å². The average molecular weight is 331 g/mol. The zero-order chi connectivity index (χ0) is 15.2. The van der Waals surface area contributed by atoms with Crippen LogP contribution in [0.1, 0.15) is 25.7 Å². The molecule has 1 aromatic carbocycles. The van der Waals surface area contributed by atoms with Crippen LogP contribution in [0.25, 0.3) is 0 Å². The molecule has 1 amide bonds. The summed E-state index contributed by atoms with van der Waals surface area (Å²) in [5.41, 5.74) is 5.44. The minimum atomic E-state index is -0.00202. The smallest absolute Gasteiger partial charge is 0.222 e. The number of nitrogens with two attached hydrogens (primary N) is 1. The summed E-state index contributed by atoms with van der Waals surface area (Å²) in [7, 11) is 0. The highest BCUT2D eigenvalue weighted by Gasteiger charge is 2.24. The molecule has 0 bridgehead atoms. The lowest BCUT2D eigenvalue weighted by atomic mass is 10.1. The molecular formula is C15H20Cl2N2O2. The van der Waals surface area contributed by atoms with Gasteiger partial charge < -0.3 is 15.4 Å². The first-order valence-electron chi connectivity index (χ1n) is 7.19. The molecule has 1 atom stereocenters. The molecule has 2 N–H and O–H groups in total. The molecule has 0 saturated carbocycles. The predicted octanol–water partition coefficient (Wildman–Crippen LogP) is 3.10. The van der Waals surface area contributed by atoms with Crippen molar-refractivity contribution in [1.29, 1.82) is 0 Å². The third-order valence-corrected chi connectivity index (χ3v) is 4.26. The lowest BCUT2D eigenvalue weighted by Gasteiger charge is -2.33. The van der Waals surface area contributed by atoms with Crippen molar-refractivity contribution in [3.8, 4) is 5.75 Å². The van der Waals surface area contributed by atoms with Gasteiger partial charge in [-0.1, -0.05) is 23.2 Å². The lowest BCUT2D eigenvalue weighted by molar-refractivity contribution is -0.133. The number of piperidine rings is 1. The summed E-state index contributed by atoms with van der Waals surface area (Å²) in [5, 5.41) is 0.979. The summed E-state index contributed by atoms with van der Waals surface area (Å²) in [6.07, 6.45) is 3.11. The molecule has 1 aliphatic rings. The Bertz CT molecular complexity index is 497. The van der Waals surface area contributed by atoms with Crippen molar-refractivity contribution in [2.75, 3.05) is 19.6 Å². The highest BCUT2D eigenvalue weighted by Crippen LogP contribution is 2.28. The molecule has 0 aromatic heterocycles. The Balaban J connectivity index is 1.91. The topological polar surface area (TPSA) is 55.6 Å². The third-order valence-electron chi connectivity index (χ3n) is 3.52. The maximum Gasteiger partial charge on any atom is 0.222 e. The van der Waals surface area contributed by atoms with E-state index in [-0.39, 0.29) is 12.0 Å². The van der Waals surface area contributed by atoms with E-state index in [0.29, 0.717) is 35.3 Å². The Morgan fingerprint density at radius 2 is 2.19 bits per heavy atom. The van der Waals surface area contributed by atoms with Crippen LogP contribution < -0.4 is 10.5 Å². The third kappa shape index (κ3) is 4.77. The molecule has 0 aliphatic carbocycles. The van der Waals surface area contributed by atoms with E-state index < -0.39 is 0 Å². The Hall–Kier alpha value is -0.970. The van der Waals surface area contributed by atoms with E-state index in [1.807, 2.05) is 4.90 Å². The van der Waals surface area contributed by atoms with Gasteiger partial charge in [-0.05, 0) is 37.9 Å². The van der Waals surface area contributed by atoms with Crippen molar-refractivity contribution in [2.24, 2.45) is 5.73 Å². The summed E-state index contributed by atoms with van der Waals surface area (Å²) in [5.74, 6) is 0.841. The Labute approximate surface area is 135 Å². The summed E-state index contributed by atoms with van der Waals surface area (Å²) >= 11 is 11.9. The number of amides is 1. The van der Waals surface area contributed by atoms with E-state index in [4.69, 9.17) is 33.7 Å². The molecule has 1 aromatic rings. The van der Waals surface area contributed by atoms with Gasteiger partial charge >= 0.3 is 0 Å². The van der Waals surface area contributed by atoms with Gasteiger partial charge in [-0.25, -0.2) is 0 Å². The van der Waals surface area contributed by atoms with Crippen LogP contribution >= 0.6 is 23.2 Å². The number of likely N-dealkylation sites (tertiary alicyclic amines) is 1. The highest BCUT2D eigenvalue weighted by molar-refractivity contribution is 6.42. The normalized spacial score (nSPS) is 18.6. The van der Waals surface area contributed by atoms with Crippen molar-refractivity contribution in [1.82, 2.24) is 4.90 Å². The van der Waals surface area contributed by atoms with Crippen molar-refractivity contribution in [3.63, 3.8) is 0 Å². The number of nitrogens with zero attached hydrogens (tertiary/aromatic N) is 1. The molecule has 0 radical (unpaired) electrons. The highest BCUT2D eigenvalue weighted by atomic mass is 35.5. The zero-order valence-corrected chi connectivity index (χ0v) is 13.4. The van der Waals surface area contributed by atoms with Crippen molar-refractivity contribution >= 4 is 29.1 Å². The number of carbonyl (C=O) groups excluding carboxylic acids is 1. The summed E-state index contributed by atoms with van der Waals surface area (Å²) < 4.78 is 5.91. The molecule has 1 heterocycles. The number of benzene rings is 1. The molecule has 2 rings (SSSR count). The maximum atomic E-state index is 12.0. The van der Waals surface area contributed by atoms with Crippen molar-refractivity contribution in [3.05, 3.63) is 28.2 Å². The standard InChI is InChI=1S/C15H20Cl2N2O2/c16-13-6-5-11(9-14(13)17)21-12-3-2-8-19(10-12)15(20)4-1-7-18/h5-6,9,12H,1-4,7-8,10,18H2. The van der Waals surface area contributed by atoms with E-state index in [0.717, 1.165) is 25.8 Å². The van der Waals surface area contributed by atoms with Gasteiger partial charge in [0.25, 0.3) is 0 Å². The van der Waals surface area contributed by atoms with Crippen molar-refractivity contribution in [2.45, 2.75) is 31.8 Å². The Morgan fingerprint density at radius 3 is 2.90 bits per heavy atom. The van der Waals surface area contributed by atoms with Gasteiger partial charge in [0.15, 0.2) is 0 Å². The van der Waals surface area contributed by atoms with Gasteiger partial charge in [-0.15, -0.1) is 0 Å². The molecule has 1 fully saturated rings. The quantitative estimate of drug-likeness (QED) is 0.902. The molecule has 0 spiro atoms. The fourth-order valence-electron chi connectivity index (χ4n) is 2.41. The van der Waals surface area contributed by atoms with E-state index in [1.165, 1.54) is 0 Å². The fourth-order valence-corrected chi connectivity index (χ4v) is 2.70. The van der Waals surface area contributed by atoms with Gasteiger partial charge in [-0.2, -0.15) is 0 Å². The van der Waals surface area contributed by atoms with Gasteiger partial charge in [0.1, 0.15) is 11.9 Å². The summed E-state index contributed by atoms with van der Waals surface area (Å²) in [6.45, 7) is 1.96. The van der Waals surface area contributed by atoms with Gasteiger partial charge in [0.05, 0.1) is 16.6 Å². The maximum absolute atomic E-state index is 12.0. The van der Waals surface area contributed by atoms with Crippen LogP contribution in [0, 0.1) is 0 Å². The lowest BCUT2D eigenvalue weighted by Crippen LogP contribution is -2.44. The summed E-state index contributed by atoms with van der Waals surface area (Å²) in [4.78, 5) is 13.9. The molecule has 21 heavy (non-hydrogen) atoms. The number of halogens is 2. The minimum absolute atomic E-state index is 0.00202. The number of ether oxygens (including phenoxy) is 1. The van der Waals surface area contributed by atoms with E-state index in [9.17, 15) is 4.79 Å². The first-order chi connectivity index (χ1) is 10.1. The van der Waals surface area contributed by atoms with E-state index >= 15 is 0 Å². The van der Waals surface area contributed by atoms with Crippen LogP contribution in [0.2, 0.25) is 10.0 Å². The van der Waals surface area contributed by atoms with E-state index in [2.05, 4.69) is 0 Å². The molecule has 1 unspecified atom stereocenters. The van der Waals surface area contributed by atoms with Crippen LogP contribution in [-0.2, 0) is 4.79 Å². The van der Waals surface area contributed by atoms with Crippen LogP contribution in [0.15, 0.2) is 18.2 Å². The first-order valence-corrected chi connectivity index (χ1v) is 7.95. The number of hydrogen-bond acceptors (Lipinski definition) is 3.